The first-order valence-electron chi connectivity index (χ1n) is 9.16. The molecule has 10 heteroatoms. The lowest BCUT2D eigenvalue weighted by molar-refractivity contribution is -0.128. The number of rotatable bonds is 7. The van der Waals surface area contributed by atoms with Crippen LogP contribution in [-0.4, -0.2) is 65.2 Å². The minimum absolute atomic E-state index is 0.0422. The summed E-state index contributed by atoms with van der Waals surface area (Å²) in [4.78, 5) is 31.4. The Labute approximate surface area is 171 Å². The van der Waals surface area contributed by atoms with Crippen LogP contribution < -0.4 is 10.1 Å². The zero-order valence-corrected chi connectivity index (χ0v) is 16.9. The molecule has 3 heterocycles. The lowest BCUT2D eigenvalue weighted by Crippen LogP contribution is -2.31. The highest BCUT2D eigenvalue weighted by Crippen LogP contribution is 2.32. The van der Waals surface area contributed by atoms with Crippen LogP contribution in [0.1, 0.15) is 6.42 Å². The van der Waals surface area contributed by atoms with E-state index in [9.17, 15) is 9.59 Å². The van der Waals surface area contributed by atoms with Gasteiger partial charge in [-0.15, -0.1) is 16.4 Å². The van der Waals surface area contributed by atoms with Crippen molar-refractivity contribution in [1.29, 1.82) is 0 Å². The van der Waals surface area contributed by atoms with Gasteiger partial charge in [0.2, 0.25) is 22.7 Å². The van der Waals surface area contributed by atoms with Gasteiger partial charge in [0.05, 0.1) is 25.3 Å². The van der Waals surface area contributed by atoms with Crippen LogP contribution in [0.5, 0.6) is 5.75 Å². The first-order valence-corrected chi connectivity index (χ1v) is 10.0. The average molecular weight is 415 g/mol. The van der Waals surface area contributed by atoms with Gasteiger partial charge in [-0.05, 0) is 12.1 Å². The van der Waals surface area contributed by atoms with Crippen LogP contribution in [0, 0.1) is 5.92 Å². The summed E-state index contributed by atoms with van der Waals surface area (Å²) in [7, 11) is 3.20. The highest BCUT2D eigenvalue weighted by Gasteiger charge is 2.34. The Morgan fingerprint density at radius 2 is 2.17 bits per heavy atom. The Hall–Kier alpha value is -2.98. The van der Waals surface area contributed by atoms with Crippen molar-refractivity contribution in [3.8, 4) is 17.0 Å². The molecule has 2 aromatic heterocycles. The van der Waals surface area contributed by atoms with Crippen molar-refractivity contribution in [2.24, 2.45) is 5.92 Å². The molecule has 1 unspecified atom stereocenters. The molecule has 1 saturated heterocycles. The number of carbonyl (C=O) groups excluding carboxylic acids is 2. The molecule has 4 rings (SSSR count). The predicted molar refractivity (Wildman–Crippen MR) is 108 cm³/mol. The monoisotopic (exact) mass is 415 g/mol. The maximum absolute atomic E-state index is 12.6. The van der Waals surface area contributed by atoms with Crippen molar-refractivity contribution in [1.82, 2.24) is 19.5 Å². The van der Waals surface area contributed by atoms with Gasteiger partial charge in [-0.2, -0.15) is 4.98 Å². The second kappa shape index (κ2) is 8.18. The van der Waals surface area contributed by atoms with Gasteiger partial charge in [0.25, 0.3) is 0 Å². The molecule has 1 atom stereocenters. The molecule has 0 aliphatic carbocycles. The van der Waals surface area contributed by atoms with E-state index in [-0.39, 0.29) is 24.2 Å². The lowest BCUT2D eigenvalue weighted by Gasteiger charge is -2.15. The van der Waals surface area contributed by atoms with E-state index in [2.05, 4.69) is 15.4 Å². The molecule has 0 radical (unpaired) electrons. The Bertz CT molecular complexity index is 1050. The molecular weight excluding hydrogens is 394 g/mol. The number of aromatic nitrogens is 3. The van der Waals surface area contributed by atoms with Crippen molar-refractivity contribution in [3.05, 3.63) is 29.6 Å². The van der Waals surface area contributed by atoms with Crippen LogP contribution in [0.4, 0.5) is 5.95 Å². The van der Waals surface area contributed by atoms with E-state index in [4.69, 9.17) is 9.47 Å². The number of anilines is 1. The number of ether oxygens (including phenoxy) is 2. The van der Waals surface area contributed by atoms with Gasteiger partial charge >= 0.3 is 0 Å². The maximum Gasteiger partial charge on any atom is 0.250 e. The molecule has 1 N–H and O–H groups in total. The number of likely N-dealkylation sites (tertiary alicyclic amines) is 1. The third kappa shape index (κ3) is 3.81. The molecule has 0 saturated carbocycles. The van der Waals surface area contributed by atoms with Crippen LogP contribution in [0.15, 0.2) is 29.6 Å². The summed E-state index contributed by atoms with van der Waals surface area (Å²) in [5.74, 6) is 0.235. The van der Waals surface area contributed by atoms with Gasteiger partial charge in [0.1, 0.15) is 5.75 Å². The standard InChI is InChI=1S/C19H21N5O4S/c1-27-8-7-23-10-12(9-16(23)25)17(26)20-18-21-19-24(22-18)14(11-29-19)13-5-3-4-6-15(13)28-2/h3-6,11-12H,7-10H2,1-2H3,(H,20,22,26). The molecule has 1 aliphatic rings. The zero-order valence-electron chi connectivity index (χ0n) is 16.1. The summed E-state index contributed by atoms with van der Waals surface area (Å²) in [5.41, 5.74) is 1.72. The second-order valence-corrected chi connectivity index (χ2v) is 7.51. The van der Waals surface area contributed by atoms with Crippen molar-refractivity contribution < 1.29 is 19.1 Å². The van der Waals surface area contributed by atoms with Crippen LogP contribution in [-0.2, 0) is 14.3 Å². The summed E-state index contributed by atoms with van der Waals surface area (Å²) >= 11 is 1.42. The van der Waals surface area contributed by atoms with E-state index in [1.54, 1.807) is 23.6 Å². The molecule has 1 fully saturated rings. The van der Waals surface area contributed by atoms with Gasteiger partial charge in [-0.3, -0.25) is 14.9 Å². The number of fused-ring (bicyclic) bond motifs is 1. The summed E-state index contributed by atoms with van der Waals surface area (Å²) in [6, 6.07) is 7.65. The van der Waals surface area contributed by atoms with Gasteiger partial charge in [0, 0.05) is 37.6 Å². The highest BCUT2D eigenvalue weighted by molar-refractivity contribution is 7.15. The molecule has 0 bridgehead atoms. The van der Waals surface area contributed by atoms with Crippen LogP contribution in [0.2, 0.25) is 0 Å². The minimum atomic E-state index is -0.422. The molecule has 3 aromatic rings. The first kappa shape index (κ1) is 19.3. The van der Waals surface area contributed by atoms with Crippen molar-refractivity contribution >= 4 is 34.1 Å². The number of amides is 2. The van der Waals surface area contributed by atoms with Gasteiger partial charge < -0.3 is 14.4 Å². The number of carbonyl (C=O) groups is 2. The Kier molecular flexibility index (Phi) is 5.45. The zero-order chi connectivity index (χ0) is 20.4. The Morgan fingerprint density at radius 1 is 1.34 bits per heavy atom. The highest BCUT2D eigenvalue weighted by atomic mass is 32.1. The van der Waals surface area contributed by atoms with Crippen molar-refractivity contribution in [2.45, 2.75) is 6.42 Å². The topological polar surface area (TPSA) is 98.1 Å². The summed E-state index contributed by atoms with van der Waals surface area (Å²) in [6.45, 7) is 1.31. The largest absolute Gasteiger partial charge is 0.496 e. The molecule has 0 spiro atoms. The van der Waals surface area contributed by atoms with E-state index >= 15 is 0 Å². The SMILES string of the molecule is COCCN1CC(C(=O)Nc2nc3scc(-c4ccccc4OC)n3n2)CC1=O. The number of hydrogen-bond acceptors (Lipinski definition) is 7. The number of thiazole rings is 1. The number of nitrogens with one attached hydrogen (secondary N) is 1. The Morgan fingerprint density at radius 3 is 2.97 bits per heavy atom. The Balaban J connectivity index is 1.50. The third-order valence-electron chi connectivity index (χ3n) is 4.85. The summed E-state index contributed by atoms with van der Waals surface area (Å²) < 4.78 is 12.1. The van der Waals surface area contributed by atoms with E-state index in [1.165, 1.54) is 11.3 Å². The fraction of sp³-hybridized carbons (Fsp3) is 0.368. The van der Waals surface area contributed by atoms with Crippen LogP contribution in [0.25, 0.3) is 16.2 Å². The van der Waals surface area contributed by atoms with E-state index in [1.807, 2.05) is 29.6 Å². The predicted octanol–water partition coefficient (Wildman–Crippen LogP) is 1.90. The molecule has 2 amide bonds. The smallest absolute Gasteiger partial charge is 0.250 e. The minimum Gasteiger partial charge on any atom is -0.496 e. The van der Waals surface area contributed by atoms with Crippen LogP contribution >= 0.6 is 11.3 Å². The summed E-state index contributed by atoms with van der Waals surface area (Å²) in [5, 5.41) is 9.13. The number of hydrogen-bond donors (Lipinski definition) is 1. The third-order valence-corrected chi connectivity index (χ3v) is 5.67. The number of benzene rings is 1. The fourth-order valence-electron chi connectivity index (χ4n) is 3.35. The van der Waals surface area contributed by atoms with Gasteiger partial charge in [0.15, 0.2) is 0 Å². The molecule has 1 aromatic carbocycles. The molecule has 1 aliphatic heterocycles. The fourth-order valence-corrected chi connectivity index (χ4v) is 4.18. The second-order valence-electron chi connectivity index (χ2n) is 6.67. The molecule has 29 heavy (non-hydrogen) atoms. The quantitative estimate of drug-likeness (QED) is 0.633. The van der Waals surface area contributed by atoms with E-state index in [0.29, 0.717) is 24.7 Å². The molecular formula is C19H21N5O4S. The van der Waals surface area contributed by atoms with Crippen LogP contribution in [0.3, 0.4) is 0 Å². The van der Waals surface area contributed by atoms with Gasteiger partial charge in [-0.25, -0.2) is 4.52 Å². The normalized spacial score (nSPS) is 16.6. The first-order chi connectivity index (χ1) is 14.1. The number of nitrogens with zero attached hydrogens (tertiary/aromatic N) is 4. The van der Waals surface area contributed by atoms with E-state index in [0.717, 1.165) is 17.0 Å². The summed E-state index contributed by atoms with van der Waals surface area (Å²) in [6.07, 6.45) is 0.185. The maximum atomic E-state index is 12.6. The molecule has 152 valence electrons. The van der Waals surface area contributed by atoms with Crippen molar-refractivity contribution in [2.75, 3.05) is 39.2 Å². The lowest BCUT2D eigenvalue weighted by atomic mass is 10.1. The van der Waals surface area contributed by atoms with E-state index < -0.39 is 5.92 Å². The average Bonchev–Trinajstić information content (AvgIpc) is 3.40. The molecule has 9 nitrogen and oxygen atoms in total. The van der Waals surface area contributed by atoms with Crippen molar-refractivity contribution in [3.63, 3.8) is 0 Å². The van der Waals surface area contributed by atoms with Gasteiger partial charge in [-0.1, -0.05) is 12.1 Å². The number of para-hydroxylation sites is 1. The number of methoxy groups -OCH3 is 2.